The maximum absolute atomic E-state index is 12.1. The zero-order valence-electron chi connectivity index (χ0n) is 12.9. The van der Waals surface area contributed by atoms with Crippen molar-refractivity contribution in [1.82, 2.24) is 10.2 Å². The molecule has 0 unspecified atom stereocenters. The second-order valence-corrected chi connectivity index (χ2v) is 7.87. The molecular weight excluding hydrogens is 344 g/mol. The van der Waals surface area contributed by atoms with Crippen LogP contribution in [0.2, 0.25) is 0 Å². The van der Waals surface area contributed by atoms with Gasteiger partial charge in [0.05, 0.1) is 0 Å². The van der Waals surface area contributed by atoms with Gasteiger partial charge < -0.3 is 5.32 Å². The van der Waals surface area contributed by atoms with Crippen LogP contribution in [0.1, 0.15) is 12.5 Å². The predicted molar refractivity (Wildman–Crippen MR) is 96.3 cm³/mol. The fourth-order valence-corrected chi connectivity index (χ4v) is 4.02. The molecule has 0 amide bonds. The molecule has 0 aliphatic heterocycles. The van der Waals surface area contributed by atoms with Crippen LogP contribution in [0.15, 0.2) is 58.1 Å². The number of rotatable bonds is 6. The van der Waals surface area contributed by atoms with Gasteiger partial charge in [-0.15, -0.1) is 21.5 Å². The third-order valence-corrected chi connectivity index (χ3v) is 6.05. The van der Waals surface area contributed by atoms with Crippen molar-refractivity contribution in [2.24, 2.45) is 0 Å². The van der Waals surface area contributed by atoms with E-state index in [-0.39, 0.29) is 10.0 Å². The molecule has 6 nitrogen and oxygen atoms in total. The fourth-order valence-electron chi connectivity index (χ4n) is 2.03. The van der Waals surface area contributed by atoms with Crippen LogP contribution < -0.4 is 10.0 Å². The second kappa shape index (κ2) is 6.98. The molecule has 0 spiro atoms. The summed E-state index contributed by atoms with van der Waals surface area (Å²) < 4.78 is 26.9. The van der Waals surface area contributed by atoms with E-state index in [1.54, 1.807) is 23.6 Å². The van der Waals surface area contributed by atoms with Crippen molar-refractivity contribution in [1.29, 1.82) is 0 Å². The highest BCUT2D eigenvalue weighted by atomic mass is 32.2. The Hall–Kier alpha value is -2.45. The minimum Gasteiger partial charge on any atom is -0.339 e. The molecule has 3 rings (SSSR count). The Morgan fingerprint density at radius 1 is 1.00 bits per heavy atom. The molecule has 0 atom stereocenters. The van der Waals surface area contributed by atoms with Gasteiger partial charge in [0, 0.05) is 5.69 Å². The third kappa shape index (κ3) is 3.90. The molecule has 0 fully saturated rings. The van der Waals surface area contributed by atoms with E-state index in [1.165, 1.54) is 11.6 Å². The summed E-state index contributed by atoms with van der Waals surface area (Å²) in [4.78, 5) is 0. The zero-order chi connectivity index (χ0) is 17.0. The van der Waals surface area contributed by atoms with E-state index < -0.39 is 10.0 Å². The summed E-state index contributed by atoms with van der Waals surface area (Å²) >= 11 is 1.15. The van der Waals surface area contributed by atoms with Crippen molar-refractivity contribution < 1.29 is 8.42 Å². The first-order valence-electron chi connectivity index (χ1n) is 7.33. The van der Waals surface area contributed by atoms with Crippen molar-refractivity contribution in [3.63, 3.8) is 0 Å². The van der Waals surface area contributed by atoms with Crippen molar-refractivity contribution >= 4 is 38.7 Å². The van der Waals surface area contributed by atoms with Crippen molar-refractivity contribution in [3.8, 4) is 0 Å². The van der Waals surface area contributed by atoms with Crippen LogP contribution >= 0.6 is 11.3 Å². The van der Waals surface area contributed by atoms with Gasteiger partial charge in [-0.3, -0.25) is 4.72 Å². The summed E-state index contributed by atoms with van der Waals surface area (Å²) in [6, 6.07) is 14.5. The number of thiophene rings is 1. The smallest absolute Gasteiger partial charge is 0.272 e. The highest BCUT2D eigenvalue weighted by Gasteiger charge is 2.15. The number of nitrogens with one attached hydrogen (secondary N) is 2. The maximum atomic E-state index is 12.1. The first-order chi connectivity index (χ1) is 11.6. The van der Waals surface area contributed by atoms with E-state index in [0.29, 0.717) is 5.82 Å². The molecule has 124 valence electrons. The molecule has 0 aliphatic carbocycles. The molecule has 2 heterocycles. The SMILES string of the molecule is CCc1ccc(Nc2ccc(NS(=O)(=O)c3cccs3)nn2)cc1. The number of hydrogen-bond acceptors (Lipinski definition) is 6. The standard InChI is InChI=1S/C16H16N4O2S2/c1-2-12-5-7-13(8-6-12)17-14-9-10-15(19-18-14)20-24(21,22)16-4-3-11-23-16/h3-11H,2H2,1H3,(H,17,18)(H,19,20). The average Bonchev–Trinajstić information content (AvgIpc) is 3.13. The van der Waals surface area contributed by atoms with Gasteiger partial charge in [0.25, 0.3) is 10.0 Å². The Kier molecular flexibility index (Phi) is 4.77. The minimum absolute atomic E-state index is 0.176. The monoisotopic (exact) mass is 360 g/mol. The number of aromatic nitrogens is 2. The van der Waals surface area contributed by atoms with Gasteiger partial charge in [-0.1, -0.05) is 25.1 Å². The fraction of sp³-hybridized carbons (Fsp3) is 0.125. The van der Waals surface area contributed by atoms with Crippen molar-refractivity contribution in [2.75, 3.05) is 10.0 Å². The molecule has 2 aromatic heterocycles. The molecule has 0 radical (unpaired) electrons. The van der Waals surface area contributed by atoms with E-state index >= 15 is 0 Å². The highest BCUT2D eigenvalue weighted by Crippen LogP contribution is 2.20. The molecule has 0 bridgehead atoms. The van der Waals surface area contributed by atoms with Gasteiger partial charge in [-0.25, -0.2) is 8.42 Å². The van der Waals surface area contributed by atoms with Crippen LogP contribution in [-0.2, 0) is 16.4 Å². The molecule has 0 saturated heterocycles. The van der Waals surface area contributed by atoms with Crippen molar-refractivity contribution in [2.45, 2.75) is 17.6 Å². The van der Waals surface area contributed by atoms with E-state index in [4.69, 9.17) is 0 Å². The summed E-state index contributed by atoms with van der Waals surface area (Å²) in [6.07, 6.45) is 0.985. The van der Waals surface area contributed by atoms with Crippen LogP contribution in [-0.4, -0.2) is 18.6 Å². The summed E-state index contributed by atoms with van der Waals surface area (Å²) in [6.45, 7) is 2.10. The quantitative estimate of drug-likeness (QED) is 0.701. The predicted octanol–water partition coefficient (Wildman–Crippen LogP) is 3.64. The Balaban J connectivity index is 1.69. The number of hydrogen-bond donors (Lipinski definition) is 2. The van der Waals surface area contributed by atoms with Gasteiger partial charge >= 0.3 is 0 Å². The molecule has 0 aliphatic rings. The van der Waals surface area contributed by atoms with Crippen LogP contribution in [0.5, 0.6) is 0 Å². The van der Waals surface area contributed by atoms with E-state index in [0.717, 1.165) is 23.4 Å². The van der Waals surface area contributed by atoms with Crippen LogP contribution in [0, 0.1) is 0 Å². The highest BCUT2D eigenvalue weighted by molar-refractivity contribution is 7.94. The molecule has 1 aromatic carbocycles. The van der Waals surface area contributed by atoms with Crippen LogP contribution in [0.3, 0.4) is 0 Å². The van der Waals surface area contributed by atoms with Gasteiger partial charge in [0.1, 0.15) is 4.21 Å². The lowest BCUT2D eigenvalue weighted by Crippen LogP contribution is -2.13. The van der Waals surface area contributed by atoms with Gasteiger partial charge in [0.2, 0.25) is 0 Å². The first-order valence-corrected chi connectivity index (χ1v) is 9.69. The first kappa shape index (κ1) is 16.4. The molecule has 24 heavy (non-hydrogen) atoms. The van der Waals surface area contributed by atoms with E-state index in [9.17, 15) is 8.42 Å². The number of anilines is 3. The lowest BCUT2D eigenvalue weighted by molar-refractivity contribution is 0.603. The van der Waals surface area contributed by atoms with E-state index in [1.807, 2.05) is 24.3 Å². The van der Waals surface area contributed by atoms with E-state index in [2.05, 4.69) is 27.2 Å². The summed E-state index contributed by atoms with van der Waals surface area (Å²) in [7, 11) is -3.60. The Bertz CT molecular complexity index is 890. The lowest BCUT2D eigenvalue weighted by atomic mass is 10.1. The van der Waals surface area contributed by atoms with Gasteiger partial charge in [-0.05, 0) is 47.7 Å². The minimum atomic E-state index is -3.60. The molecule has 8 heteroatoms. The van der Waals surface area contributed by atoms with Crippen LogP contribution in [0.25, 0.3) is 0 Å². The second-order valence-electron chi connectivity index (χ2n) is 5.02. The van der Waals surface area contributed by atoms with Crippen molar-refractivity contribution in [3.05, 3.63) is 59.5 Å². The Morgan fingerprint density at radius 2 is 1.71 bits per heavy atom. The maximum Gasteiger partial charge on any atom is 0.272 e. The topological polar surface area (TPSA) is 84.0 Å². The number of benzene rings is 1. The van der Waals surface area contributed by atoms with Gasteiger partial charge in [0.15, 0.2) is 11.6 Å². The molecule has 0 saturated carbocycles. The largest absolute Gasteiger partial charge is 0.339 e. The number of aryl methyl sites for hydroxylation is 1. The molecular formula is C16H16N4O2S2. The zero-order valence-corrected chi connectivity index (χ0v) is 14.6. The Morgan fingerprint density at radius 3 is 2.29 bits per heavy atom. The number of nitrogens with zero attached hydrogens (tertiary/aromatic N) is 2. The molecule has 3 aromatic rings. The van der Waals surface area contributed by atoms with Gasteiger partial charge in [-0.2, -0.15) is 0 Å². The lowest BCUT2D eigenvalue weighted by Gasteiger charge is -2.07. The summed E-state index contributed by atoms with van der Waals surface area (Å²) in [5, 5.41) is 12.7. The normalized spacial score (nSPS) is 11.2. The summed E-state index contributed by atoms with van der Waals surface area (Å²) in [5.74, 6) is 0.716. The third-order valence-electron chi connectivity index (χ3n) is 3.30. The summed E-state index contributed by atoms with van der Waals surface area (Å²) in [5.41, 5.74) is 2.15. The van der Waals surface area contributed by atoms with Crippen LogP contribution in [0.4, 0.5) is 17.3 Å². The number of sulfonamides is 1. The Labute approximate surface area is 144 Å². The average molecular weight is 360 g/mol. The molecule has 2 N–H and O–H groups in total.